The molecule has 0 bridgehead atoms. The Hall–Kier alpha value is -0.330. The van der Waals surface area contributed by atoms with E-state index < -0.39 is 10.0 Å². The van der Waals surface area contributed by atoms with Crippen molar-refractivity contribution in [3.63, 3.8) is 0 Å². The summed E-state index contributed by atoms with van der Waals surface area (Å²) in [7, 11) is -3.68. The summed E-state index contributed by atoms with van der Waals surface area (Å²) >= 11 is 11.7. The number of halogens is 2. The Morgan fingerprint density at radius 2 is 2.05 bits per heavy atom. The van der Waals surface area contributed by atoms with Crippen LogP contribution in [-0.2, 0) is 10.0 Å². The molecule has 1 unspecified atom stereocenters. The summed E-state index contributed by atoms with van der Waals surface area (Å²) in [4.78, 5) is -0.0273. The zero-order valence-corrected chi connectivity index (χ0v) is 12.9. The van der Waals surface area contributed by atoms with Gasteiger partial charge < -0.3 is 5.11 Å². The van der Waals surface area contributed by atoms with Gasteiger partial charge in [-0.15, -0.1) is 0 Å². The second-order valence-corrected chi connectivity index (χ2v) is 6.79. The summed E-state index contributed by atoms with van der Waals surface area (Å²) in [6.07, 6.45) is 1.34. The number of aliphatic hydroxyl groups is 1. The van der Waals surface area contributed by atoms with E-state index in [1.165, 1.54) is 18.2 Å². The fourth-order valence-corrected chi connectivity index (χ4v) is 3.50. The highest BCUT2D eigenvalue weighted by molar-refractivity contribution is 7.89. The zero-order chi connectivity index (χ0) is 14.5. The molecule has 7 heteroatoms. The Bertz CT molecular complexity index is 520. The first-order valence-electron chi connectivity index (χ1n) is 5.96. The van der Waals surface area contributed by atoms with E-state index in [4.69, 9.17) is 28.3 Å². The minimum absolute atomic E-state index is 0.0273. The van der Waals surface area contributed by atoms with Crippen molar-refractivity contribution in [1.82, 2.24) is 4.72 Å². The van der Waals surface area contributed by atoms with Gasteiger partial charge in [0.25, 0.3) is 0 Å². The van der Waals surface area contributed by atoms with Crippen LogP contribution < -0.4 is 4.72 Å². The van der Waals surface area contributed by atoms with E-state index in [2.05, 4.69) is 4.72 Å². The molecule has 4 nitrogen and oxygen atoms in total. The Morgan fingerprint density at radius 3 is 2.63 bits per heavy atom. The normalized spacial score (nSPS) is 13.5. The van der Waals surface area contributed by atoms with E-state index in [0.717, 1.165) is 6.42 Å². The van der Waals surface area contributed by atoms with Gasteiger partial charge in [0.05, 0.1) is 5.02 Å². The first-order chi connectivity index (χ1) is 8.90. The maximum absolute atomic E-state index is 12.1. The minimum atomic E-state index is -3.68. The predicted molar refractivity (Wildman–Crippen MR) is 77.1 cm³/mol. The first-order valence-corrected chi connectivity index (χ1v) is 8.20. The fraction of sp³-hybridized carbons (Fsp3) is 0.500. The molecular formula is C12H17Cl2NO3S. The maximum Gasteiger partial charge on any atom is 0.242 e. The van der Waals surface area contributed by atoms with Crippen LogP contribution in [0.5, 0.6) is 0 Å². The van der Waals surface area contributed by atoms with E-state index in [1.807, 2.05) is 6.92 Å². The van der Waals surface area contributed by atoms with Crippen molar-refractivity contribution in [2.75, 3.05) is 13.2 Å². The van der Waals surface area contributed by atoms with Crippen LogP contribution in [0.3, 0.4) is 0 Å². The number of benzene rings is 1. The van der Waals surface area contributed by atoms with Gasteiger partial charge >= 0.3 is 0 Å². The molecule has 108 valence electrons. The molecule has 0 amide bonds. The second-order valence-electron chi connectivity index (χ2n) is 4.21. The molecule has 0 radical (unpaired) electrons. The average Bonchev–Trinajstić information content (AvgIpc) is 2.37. The first kappa shape index (κ1) is 16.7. The zero-order valence-electron chi connectivity index (χ0n) is 10.6. The van der Waals surface area contributed by atoms with E-state index >= 15 is 0 Å². The Morgan fingerprint density at radius 1 is 1.37 bits per heavy atom. The Labute approximate surface area is 123 Å². The third kappa shape index (κ3) is 4.93. The molecule has 0 fully saturated rings. The molecule has 0 aliphatic rings. The van der Waals surface area contributed by atoms with Crippen LogP contribution in [0.4, 0.5) is 0 Å². The lowest BCUT2D eigenvalue weighted by atomic mass is 10.0. The molecular weight excluding hydrogens is 309 g/mol. The smallest absolute Gasteiger partial charge is 0.242 e. The van der Waals surface area contributed by atoms with Crippen LogP contribution in [-0.4, -0.2) is 26.7 Å². The van der Waals surface area contributed by atoms with Crippen LogP contribution in [0.2, 0.25) is 10.0 Å². The number of hydrogen-bond acceptors (Lipinski definition) is 3. The summed E-state index contributed by atoms with van der Waals surface area (Å²) in [5.74, 6) is 0.0951. The quantitative estimate of drug-likeness (QED) is 0.809. The highest BCUT2D eigenvalue weighted by Gasteiger charge is 2.19. The highest BCUT2D eigenvalue weighted by atomic mass is 35.5. The van der Waals surface area contributed by atoms with Crippen molar-refractivity contribution in [1.29, 1.82) is 0 Å². The molecule has 0 aliphatic heterocycles. The van der Waals surface area contributed by atoms with Crippen LogP contribution in [0.15, 0.2) is 23.1 Å². The summed E-state index contributed by atoms with van der Waals surface area (Å²) in [6.45, 7) is 2.25. The number of hydrogen-bond donors (Lipinski definition) is 2. The molecule has 0 saturated heterocycles. The SMILES string of the molecule is CCC(CCO)CNS(=O)(=O)c1cc(Cl)ccc1Cl. The van der Waals surface area contributed by atoms with Gasteiger partial charge in [0.1, 0.15) is 4.90 Å². The summed E-state index contributed by atoms with van der Waals surface area (Å²) < 4.78 is 26.7. The van der Waals surface area contributed by atoms with Crippen molar-refractivity contribution < 1.29 is 13.5 Å². The van der Waals surface area contributed by atoms with E-state index in [0.29, 0.717) is 11.4 Å². The molecule has 2 N–H and O–H groups in total. The molecule has 1 rings (SSSR count). The van der Waals surface area contributed by atoms with Crippen molar-refractivity contribution in [3.05, 3.63) is 28.2 Å². The molecule has 0 aliphatic carbocycles. The summed E-state index contributed by atoms with van der Waals surface area (Å²) in [5, 5.41) is 9.32. The van der Waals surface area contributed by atoms with E-state index in [1.54, 1.807) is 0 Å². The third-order valence-electron chi connectivity index (χ3n) is 2.86. The molecule has 1 aromatic rings. The monoisotopic (exact) mass is 325 g/mol. The van der Waals surface area contributed by atoms with Gasteiger partial charge in [-0.1, -0.05) is 36.5 Å². The predicted octanol–water partition coefficient (Wildman–Crippen LogP) is 2.68. The molecule has 0 aromatic heterocycles. The number of aliphatic hydroxyl groups excluding tert-OH is 1. The molecule has 19 heavy (non-hydrogen) atoms. The van der Waals surface area contributed by atoms with E-state index in [9.17, 15) is 8.42 Å². The number of nitrogens with one attached hydrogen (secondary N) is 1. The lowest BCUT2D eigenvalue weighted by Gasteiger charge is -2.15. The lowest BCUT2D eigenvalue weighted by molar-refractivity contribution is 0.254. The molecule has 1 aromatic carbocycles. The Balaban J connectivity index is 2.83. The van der Waals surface area contributed by atoms with Gasteiger partial charge in [0.15, 0.2) is 0 Å². The maximum atomic E-state index is 12.1. The average molecular weight is 326 g/mol. The van der Waals surface area contributed by atoms with Gasteiger partial charge in [-0.3, -0.25) is 0 Å². The fourth-order valence-electron chi connectivity index (χ4n) is 1.62. The van der Waals surface area contributed by atoms with Crippen molar-refractivity contribution in [2.24, 2.45) is 5.92 Å². The summed E-state index contributed by atoms with van der Waals surface area (Å²) in [5.41, 5.74) is 0. The highest BCUT2D eigenvalue weighted by Crippen LogP contribution is 2.25. The topological polar surface area (TPSA) is 66.4 Å². The van der Waals surface area contributed by atoms with Crippen LogP contribution >= 0.6 is 23.2 Å². The van der Waals surface area contributed by atoms with Crippen molar-refractivity contribution >= 4 is 33.2 Å². The molecule has 1 atom stereocenters. The van der Waals surface area contributed by atoms with Crippen LogP contribution in [0, 0.1) is 5.92 Å². The van der Waals surface area contributed by atoms with Crippen molar-refractivity contribution in [2.45, 2.75) is 24.7 Å². The number of sulfonamides is 1. The van der Waals surface area contributed by atoms with Gasteiger partial charge in [0, 0.05) is 18.2 Å². The van der Waals surface area contributed by atoms with E-state index in [-0.39, 0.29) is 29.0 Å². The lowest BCUT2D eigenvalue weighted by Crippen LogP contribution is -2.29. The second kappa shape index (κ2) is 7.45. The van der Waals surface area contributed by atoms with Gasteiger partial charge in [-0.05, 0) is 30.5 Å². The van der Waals surface area contributed by atoms with Crippen LogP contribution in [0.1, 0.15) is 19.8 Å². The van der Waals surface area contributed by atoms with Gasteiger partial charge in [-0.2, -0.15) is 0 Å². The molecule has 0 spiro atoms. The Kier molecular flexibility index (Phi) is 6.56. The standard InChI is InChI=1S/C12H17Cl2NO3S/c1-2-9(5-6-16)8-15-19(17,18)12-7-10(13)3-4-11(12)14/h3-4,7,9,15-16H,2,5-6,8H2,1H3. The minimum Gasteiger partial charge on any atom is -0.396 e. The molecule has 0 saturated carbocycles. The largest absolute Gasteiger partial charge is 0.396 e. The summed E-state index contributed by atoms with van der Waals surface area (Å²) in [6, 6.07) is 4.30. The van der Waals surface area contributed by atoms with Crippen LogP contribution in [0.25, 0.3) is 0 Å². The van der Waals surface area contributed by atoms with Gasteiger partial charge in [0.2, 0.25) is 10.0 Å². The van der Waals surface area contributed by atoms with Crippen molar-refractivity contribution in [3.8, 4) is 0 Å². The third-order valence-corrected chi connectivity index (χ3v) is 5.00. The number of rotatable bonds is 7. The molecule has 0 heterocycles. The van der Waals surface area contributed by atoms with Gasteiger partial charge in [-0.25, -0.2) is 13.1 Å².